The summed E-state index contributed by atoms with van der Waals surface area (Å²) in [7, 11) is 0. The van der Waals surface area contributed by atoms with E-state index in [9.17, 15) is 14.4 Å². The number of esters is 1. The van der Waals surface area contributed by atoms with Crippen molar-refractivity contribution in [1.29, 1.82) is 0 Å². The molecular weight excluding hydrogens is 442 g/mol. The van der Waals surface area contributed by atoms with Gasteiger partial charge < -0.3 is 14.8 Å². The Balaban J connectivity index is 1.16. The van der Waals surface area contributed by atoms with Crippen LogP contribution < -0.4 is 10.1 Å². The minimum atomic E-state index is -0.483. The first-order valence-electron chi connectivity index (χ1n) is 12.0. The number of benzene rings is 3. The topological polar surface area (TPSA) is 81.7 Å². The monoisotopic (exact) mass is 469 g/mol. The van der Waals surface area contributed by atoms with E-state index in [0.717, 1.165) is 25.0 Å². The molecule has 2 fully saturated rings. The molecule has 1 amide bonds. The maximum Gasteiger partial charge on any atom is 0.310 e. The first-order valence-corrected chi connectivity index (χ1v) is 12.0. The average Bonchev–Trinajstić information content (AvgIpc) is 3.51. The van der Waals surface area contributed by atoms with Gasteiger partial charge in [-0.05, 0) is 67.5 Å². The SMILES string of the molecule is O=C(COC(=O)[C@@H]1[C@H]2CC[C@@H](C2)[C@H]1C(=O)c1ccccc1)Nc1ccc(Oc2ccccc2)cc1. The van der Waals surface area contributed by atoms with Gasteiger partial charge in [0, 0.05) is 17.2 Å². The van der Waals surface area contributed by atoms with Gasteiger partial charge in [0.1, 0.15) is 11.5 Å². The van der Waals surface area contributed by atoms with Gasteiger partial charge in [-0.3, -0.25) is 14.4 Å². The van der Waals surface area contributed by atoms with Crippen LogP contribution in [0.1, 0.15) is 29.6 Å². The summed E-state index contributed by atoms with van der Waals surface area (Å²) >= 11 is 0. The highest BCUT2D eigenvalue weighted by Crippen LogP contribution is 2.53. The Morgan fingerprint density at radius 1 is 0.743 bits per heavy atom. The van der Waals surface area contributed by atoms with E-state index in [1.54, 1.807) is 36.4 Å². The van der Waals surface area contributed by atoms with Crippen molar-refractivity contribution in [3.8, 4) is 11.5 Å². The average molecular weight is 470 g/mol. The van der Waals surface area contributed by atoms with E-state index in [0.29, 0.717) is 17.0 Å². The van der Waals surface area contributed by atoms with E-state index in [1.165, 1.54) is 0 Å². The molecule has 4 atom stereocenters. The quantitative estimate of drug-likeness (QED) is 0.348. The molecule has 2 saturated carbocycles. The summed E-state index contributed by atoms with van der Waals surface area (Å²) in [4.78, 5) is 38.6. The van der Waals surface area contributed by atoms with E-state index in [2.05, 4.69) is 5.32 Å². The van der Waals surface area contributed by atoms with Gasteiger partial charge in [0.2, 0.25) is 0 Å². The predicted octanol–water partition coefficient (Wildman–Crippen LogP) is 5.51. The molecule has 6 nitrogen and oxygen atoms in total. The Kier molecular flexibility index (Phi) is 6.62. The second kappa shape index (κ2) is 10.1. The lowest BCUT2D eigenvalue weighted by Gasteiger charge is -2.28. The van der Waals surface area contributed by atoms with Gasteiger partial charge in [0.05, 0.1) is 5.92 Å². The molecule has 3 aromatic rings. The fraction of sp³-hybridized carbons (Fsp3) is 0.276. The highest BCUT2D eigenvalue weighted by molar-refractivity contribution is 6.01. The number of ether oxygens (including phenoxy) is 2. The molecule has 0 aromatic heterocycles. The fourth-order valence-corrected chi connectivity index (χ4v) is 5.46. The van der Waals surface area contributed by atoms with Gasteiger partial charge >= 0.3 is 5.97 Å². The van der Waals surface area contributed by atoms with Crippen molar-refractivity contribution in [3.63, 3.8) is 0 Å². The zero-order chi connectivity index (χ0) is 24.2. The van der Waals surface area contributed by atoms with E-state index < -0.39 is 17.8 Å². The zero-order valence-electron chi connectivity index (χ0n) is 19.3. The van der Waals surface area contributed by atoms with Crippen molar-refractivity contribution in [3.05, 3.63) is 90.5 Å². The number of ketones is 1. The largest absolute Gasteiger partial charge is 0.457 e. The minimum absolute atomic E-state index is 0.00186. The number of amides is 1. The van der Waals surface area contributed by atoms with Crippen molar-refractivity contribution >= 4 is 23.3 Å². The number of nitrogens with one attached hydrogen (secondary N) is 1. The summed E-state index contributed by atoms with van der Waals surface area (Å²) in [5, 5.41) is 2.73. The molecule has 0 spiro atoms. The van der Waals surface area contributed by atoms with Crippen LogP contribution in [0.4, 0.5) is 5.69 Å². The summed E-state index contributed by atoms with van der Waals surface area (Å²) in [6, 6.07) is 25.5. The van der Waals surface area contributed by atoms with Crippen molar-refractivity contribution in [2.75, 3.05) is 11.9 Å². The Labute approximate surface area is 204 Å². The standard InChI is InChI=1S/C29H27NO5/c31-25(30-22-13-15-24(16-14-22)35-23-9-5-2-6-10-23)18-34-29(33)27-21-12-11-20(17-21)26(27)28(32)19-7-3-1-4-8-19/h1-10,13-16,20-21,26-27H,11-12,17-18H2,(H,30,31)/t20-,21-,26+,27+/m0/s1. The summed E-state index contributed by atoms with van der Waals surface area (Å²) in [6.07, 6.45) is 2.75. The Morgan fingerprint density at radius 2 is 1.34 bits per heavy atom. The second-order valence-corrected chi connectivity index (χ2v) is 9.21. The van der Waals surface area contributed by atoms with E-state index in [4.69, 9.17) is 9.47 Å². The maximum atomic E-state index is 13.2. The third-order valence-corrected chi connectivity index (χ3v) is 7.01. The molecule has 6 heteroatoms. The van der Waals surface area contributed by atoms with Crippen LogP contribution in [0.15, 0.2) is 84.9 Å². The number of Topliss-reactive ketones (excluding diaryl/α,β-unsaturated/α-hetero) is 1. The number of hydrogen-bond donors (Lipinski definition) is 1. The first-order chi connectivity index (χ1) is 17.1. The van der Waals surface area contributed by atoms with Crippen LogP contribution in [0.25, 0.3) is 0 Å². The molecule has 35 heavy (non-hydrogen) atoms. The zero-order valence-corrected chi connectivity index (χ0v) is 19.3. The molecule has 1 N–H and O–H groups in total. The number of hydrogen-bond acceptors (Lipinski definition) is 5. The number of fused-ring (bicyclic) bond motifs is 2. The molecule has 2 bridgehead atoms. The lowest BCUT2D eigenvalue weighted by atomic mass is 9.75. The van der Waals surface area contributed by atoms with Crippen molar-refractivity contribution < 1.29 is 23.9 Å². The Morgan fingerprint density at radius 3 is 2.03 bits per heavy atom. The van der Waals surface area contributed by atoms with Gasteiger partial charge in [0.25, 0.3) is 5.91 Å². The summed E-state index contributed by atoms with van der Waals surface area (Å²) in [5.74, 6) is -0.0139. The Hall–Kier alpha value is -3.93. The van der Waals surface area contributed by atoms with E-state index in [1.807, 2.05) is 48.5 Å². The van der Waals surface area contributed by atoms with Gasteiger partial charge in [-0.15, -0.1) is 0 Å². The third kappa shape index (κ3) is 5.11. The molecule has 0 aliphatic heterocycles. The highest BCUT2D eigenvalue weighted by Gasteiger charge is 2.54. The normalized spacial score (nSPS) is 22.4. The first kappa shape index (κ1) is 22.8. The molecule has 178 valence electrons. The van der Waals surface area contributed by atoms with Gasteiger partial charge in [-0.25, -0.2) is 0 Å². The number of carbonyl (C=O) groups excluding carboxylic acids is 3. The van der Waals surface area contributed by atoms with Crippen molar-refractivity contribution in [1.82, 2.24) is 0 Å². The van der Waals surface area contributed by atoms with Crippen LogP contribution in [-0.4, -0.2) is 24.3 Å². The predicted molar refractivity (Wildman–Crippen MR) is 131 cm³/mol. The number of carbonyl (C=O) groups is 3. The van der Waals surface area contributed by atoms with Gasteiger partial charge in [-0.2, -0.15) is 0 Å². The van der Waals surface area contributed by atoms with Gasteiger partial charge in [0.15, 0.2) is 12.4 Å². The van der Waals surface area contributed by atoms with Gasteiger partial charge in [-0.1, -0.05) is 48.5 Å². The highest BCUT2D eigenvalue weighted by atomic mass is 16.5. The van der Waals surface area contributed by atoms with Crippen LogP contribution in [0.2, 0.25) is 0 Å². The number of para-hydroxylation sites is 1. The smallest absolute Gasteiger partial charge is 0.310 e. The molecule has 5 rings (SSSR count). The summed E-state index contributed by atoms with van der Waals surface area (Å²) in [6.45, 7) is -0.388. The van der Waals surface area contributed by atoms with Crippen LogP contribution in [0.5, 0.6) is 11.5 Å². The van der Waals surface area contributed by atoms with Crippen LogP contribution in [-0.2, 0) is 14.3 Å². The summed E-state index contributed by atoms with van der Waals surface area (Å²) in [5.41, 5.74) is 1.20. The number of anilines is 1. The molecule has 0 unspecified atom stereocenters. The minimum Gasteiger partial charge on any atom is -0.457 e. The lowest BCUT2D eigenvalue weighted by molar-refractivity contribution is -0.154. The lowest BCUT2D eigenvalue weighted by Crippen LogP contribution is -2.37. The third-order valence-electron chi connectivity index (χ3n) is 7.01. The molecule has 0 saturated heterocycles. The van der Waals surface area contributed by atoms with E-state index in [-0.39, 0.29) is 30.1 Å². The van der Waals surface area contributed by atoms with E-state index >= 15 is 0 Å². The molecule has 0 radical (unpaired) electrons. The number of rotatable bonds is 8. The fourth-order valence-electron chi connectivity index (χ4n) is 5.46. The van der Waals surface area contributed by atoms with Crippen LogP contribution in [0.3, 0.4) is 0 Å². The van der Waals surface area contributed by atoms with Crippen molar-refractivity contribution in [2.45, 2.75) is 19.3 Å². The maximum absolute atomic E-state index is 13.2. The molecule has 2 aliphatic carbocycles. The van der Waals surface area contributed by atoms with Crippen molar-refractivity contribution in [2.24, 2.45) is 23.7 Å². The molecule has 2 aliphatic rings. The van der Waals surface area contributed by atoms with Crippen LogP contribution in [0, 0.1) is 23.7 Å². The summed E-state index contributed by atoms with van der Waals surface area (Å²) < 4.78 is 11.2. The molecule has 3 aromatic carbocycles. The molecule has 0 heterocycles. The Bertz CT molecular complexity index is 1190. The van der Waals surface area contributed by atoms with Crippen LogP contribution >= 0.6 is 0 Å². The second-order valence-electron chi connectivity index (χ2n) is 9.21. The molecular formula is C29H27NO5.